The molecule has 5 rings (SSSR count). The molecule has 10 nitrogen and oxygen atoms in total. The first-order chi connectivity index (χ1) is 14.9. The molecule has 3 heterocycles. The van der Waals surface area contributed by atoms with E-state index in [0.717, 1.165) is 12.8 Å². The average Bonchev–Trinajstić information content (AvgIpc) is 3.43. The number of hydrogen-bond acceptors (Lipinski definition) is 8. The molecule has 12 heteroatoms. The monoisotopic (exact) mass is 457 g/mol. The third-order valence-electron chi connectivity index (χ3n) is 5.14. The Hall–Kier alpha value is -3.37. The van der Waals surface area contributed by atoms with E-state index in [4.69, 9.17) is 39.7 Å². The van der Waals surface area contributed by atoms with Crippen LogP contribution in [-0.2, 0) is 0 Å². The summed E-state index contributed by atoms with van der Waals surface area (Å²) in [5.74, 6) is 1.38. The predicted molar refractivity (Wildman–Crippen MR) is 119 cm³/mol. The number of aromatic amines is 1. The van der Waals surface area contributed by atoms with Gasteiger partial charge in [0.15, 0.2) is 11.6 Å². The third-order valence-corrected chi connectivity index (χ3v) is 5.83. The zero-order valence-corrected chi connectivity index (χ0v) is 17.5. The number of rotatable bonds is 5. The van der Waals surface area contributed by atoms with Gasteiger partial charge in [-0.2, -0.15) is 9.97 Å². The van der Waals surface area contributed by atoms with Crippen LogP contribution in [-0.4, -0.2) is 29.5 Å². The average molecular weight is 458 g/mol. The van der Waals surface area contributed by atoms with Gasteiger partial charge < -0.3 is 21.8 Å². The van der Waals surface area contributed by atoms with Gasteiger partial charge in [0.05, 0.1) is 28.3 Å². The number of nitrogens with zero attached hydrogens (tertiary/aromatic N) is 5. The standard InChI is InChI=1S/C19H17Cl2N9O/c20-9-2-1-3-10-12(9)18(31)30(11-6-24-7-25-11)17(26-10)14(8-4-5-8)27-16-13(21)15(22)28-19(23)29-16/h1-3,6-8,14H,4-5H2,(H,24,25)(H5,22,23,27,28,29)/t14-/m0/s1. The fourth-order valence-electron chi connectivity index (χ4n) is 3.56. The van der Waals surface area contributed by atoms with E-state index >= 15 is 0 Å². The summed E-state index contributed by atoms with van der Waals surface area (Å²) >= 11 is 12.6. The van der Waals surface area contributed by atoms with Crippen LogP contribution in [0.1, 0.15) is 24.7 Å². The Kier molecular flexibility index (Phi) is 4.67. The number of anilines is 3. The Labute approximate surface area is 185 Å². The minimum Gasteiger partial charge on any atom is -0.382 e. The Morgan fingerprint density at radius 3 is 2.71 bits per heavy atom. The number of aromatic nitrogens is 6. The number of halogens is 2. The molecule has 0 radical (unpaired) electrons. The molecule has 0 saturated heterocycles. The summed E-state index contributed by atoms with van der Waals surface area (Å²) < 4.78 is 1.45. The lowest BCUT2D eigenvalue weighted by atomic mass is 10.1. The lowest BCUT2D eigenvalue weighted by Crippen LogP contribution is -2.30. The normalized spacial score (nSPS) is 14.6. The Morgan fingerprint density at radius 2 is 2.00 bits per heavy atom. The van der Waals surface area contributed by atoms with Crippen LogP contribution in [0.25, 0.3) is 16.7 Å². The van der Waals surface area contributed by atoms with Crippen LogP contribution in [0.5, 0.6) is 0 Å². The second-order valence-electron chi connectivity index (χ2n) is 7.26. The summed E-state index contributed by atoms with van der Waals surface area (Å²) in [5, 5.41) is 4.07. The van der Waals surface area contributed by atoms with Gasteiger partial charge in [-0.1, -0.05) is 29.3 Å². The number of hydrogen-bond donors (Lipinski definition) is 4. The Balaban J connectivity index is 1.74. The Bertz CT molecular complexity index is 1350. The first-order valence-corrected chi connectivity index (χ1v) is 10.2. The topological polar surface area (TPSA) is 153 Å². The fraction of sp³-hybridized carbons (Fsp3) is 0.211. The van der Waals surface area contributed by atoms with Gasteiger partial charge in [-0.25, -0.2) is 14.5 Å². The van der Waals surface area contributed by atoms with Crippen molar-refractivity contribution < 1.29 is 0 Å². The van der Waals surface area contributed by atoms with Crippen LogP contribution >= 0.6 is 23.2 Å². The second-order valence-corrected chi connectivity index (χ2v) is 8.05. The maximum absolute atomic E-state index is 13.5. The van der Waals surface area contributed by atoms with E-state index in [1.807, 2.05) is 0 Å². The van der Waals surface area contributed by atoms with Crippen LogP contribution in [0.3, 0.4) is 0 Å². The van der Waals surface area contributed by atoms with Gasteiger partial charge in [0.25, 0.3) is 5.56 Å². The SMILES string of the molecule is Nc1nc(N)c(Cl)c(N[C@H](c2nc3cccc(Cl)c3c(=O)n2-c2c[nH]cn2)C2CC2)n1. The number of nitrogens with two attached hydrogens (primary N) is 2. The molecule has 0 bridgehead atoms. The highest BCUT2D eigenvalue weighted by Crippen LogP contribution is 2.43. The second kappa shape index (κ2) is 7.40. The van der Waals surface area contributed by atoms with E-state index in [9.17, 15) is 4.79 Å². The molecule has 3 aromatic heterocycles. The van der Waals surface area contributed by atoms with Gasteiger partial charge in [-0.3, -0.25) is 4.79 Å². The van der Waals surface area contributed by atoms with Crippen LogP contribution in [0, 0.1) is 5.92 Å². The summed E-state index contributed by atoms with van der Waals surface area (Å²) in [4.78, 5) is 33.5. The molecule has 0 aliphatic heterocycles. The zero-order valence-electron chi connectivity index (χ0n) is 16.0. The van der Waals surface area contributed by atoms with Gasteiger partial charge in [0.1, 0.15) is 16.7 Å². The number of H-pyrrole nitrogens is 1. The molecular formula is C19H17Cl2N9O. The van der Waals surface area contributed by atoms with Crippen molar-refractivity contribution in [3.05, 3.63) is 56.9 Å². The maximum Gasteiger partial charge on any atom is 0.268 e. The Morgan fingerprint density at radius 1 is 1.19 bits per heavy atom. The minimum absolute atomic E-state index is 0.0121. The van der Waals surface area contributed by atoms with Gasteiger partial charge in [-0.15, -0.1) is 0 Å². The molecule has 158 valence electrons. The van der Waals surface area contributed by atoms with Crippen molar-refractivity contribution in [3.63, 3.8) is 0 Å². The van der Waals surface area contributed by atoms with Gasteiger partial charge in [0, 0.05) is 6.20 Å². The highest BCUT2D eigenvalue weighted by molar-refractivity contribution is 6.35. The number of imidazole rings is 1. The van der Waals surface area contributed by atoms with E-state index < -0.39 is 6.04 Å². The summed E-state index contributed by atoms with van der Waals surface area (Å²) in [6, 6.07) is 4.75. The van der Waals surface area contributed by atoms with E-state index in [2.05, 4.69) is 25.3 Å². The number of fused-ring (bicyclic) bond motifs is 1. The summed E-state index contributed by atoms with van der Waals surface area (Å²) in [6.45, 7) is 0. The van der Waals surface area contributed by atoms with E-state index in [0.29, 0.717) is 27.6 Å². The third kappa shape index (κ3) is 3.43. The highest BCUT2D eigenvalue weighted by Gasteiger charge is 2.37. The van der Waals surface area contributed by atoms with Crippen molar-refractivity contribution in [2.45, 2.75) is 18.9 Å². The lowest BCUT2D eigenvalue weighted by Gasteiger charge is -2.23. The van der Waals surface area contributed by atoms with Crippen LogP contribution < -0.4 is 22.3 Å². The first kappa shape index (κ1) is 19.6. The molecule has 0 spiro atoms. The number of benzene rings is 1. The summed E-state index contributed by atoms with van der Waals surface area (Å²) in [7, 11) is 0. The first-order valence-electron chi connectivity index (χ1n) is 9.49. The van der Waals surface area contributed by atoms with E-state index in [1.165, 1.54) is 10.9 Å². The molecule has 0 unspecified atom stereocenters. The molecular weight excluding hydrogens is 441 g/mol. The van der Waals surface area contributed by atoms with E-state index in [-0.39, 0.29) is 34.1 Å². The highest BCUT2D eigenvalue weighted by atomic mass is 35.5. The van der Waals surface area contributed by atoms with E-state index in [1.54, 1.807) is 24.4 Å². The zero-order chi connectivity index (χ0) is 21.7. The largest absolute Gasteiger partial charge is 0.382 e. The molecule has 1 aliphatic carbocycles. The van der Waals surface area contributed by atoms with Gasteiger partial charge in [0.2, 0.25) is 5.95 Å². The molecule has 1 aromatic carbocycles. The lowest BCUT2D eigenvalue weighted by molar-refractivity contribution is 0.606. The quantitative estimate of drug-likeness (QED) is 0.356. The van der Waals surface area contributed by atoms with Crippen molar-refractivity contribution in [3.8, 4) is 5.82 Å². The van der Waals surface area contributed by atoms with Crippen molar-refractivity contribution in [1.29, 1.82) is 0 Å². The summed E-state index contributed by atoms with van der Waals surface area (Å²) in [6.07, 6.45) is 4.99. The fourth-order valence-corrected chi connectivity index (χ4v) is 3.95. The van der Waals surface area contributed by atoms with Crippen LogP contribution in [0.4, 0.5) is 17.6 Å². The molecule has 1 atom stereocenters. The smallest absolute Gasteiger partial charge is 0.268 e. The molecule has 4 aromatic rings. The number of nitrogens with one attached hydrogen (secondary N) is 2. The molecule has 1 saturated carbocycles. The van der Waals surface area contributed by atoms with Gasteiger partial charge >= 0.3 is 0 Å². The molecule has 6 N–H and O–H groups in total. The van der Waals surface area contributed by atoms with Crippen molar-refractivity contribution in [2.24, 2.45) is 5.92 Å². The van der Waals surface area contributed by atoms with Crippen LogP contribution in [0.2, 0.25) is 10.0 Å². The van der Waals surface area contributed by atoms with Gasteiger partial charge in [-0.05, 0) is 30.9 Å². The minimum atomic E-state index is -0.404. The molecule has 1 fully saturated rings. The van der Waals surface area contributed by atoms with Crippen molar-refractivity contribution in [1.82, 2.24) is 29.5 Å². The molecule has 0 amide bonds. The van der Waals surface area contributed by atoms with Crippen LogP contribution in [0.15, 0.2) is 35.5 Å². The predicted octanol–water partition coefficient (Wildman–Crippen LogP) is 2.93. The van der Waals surface area contributed by atoms with Crippen molar-refractivity contribution >= 4 is 51.7 Å². The molecule has 1 aliphatic rings. The molecule has 31 heavy (non-hydrogen) atoms. The van der Waals surface area contributed by atoms with Crippen molar-refractivity contribution in [2.75, 3.05) is 16.8 Å². The number of nitrogen functional groups attached to an aromatic ring is 2. The summed E-state index contributed by atoms with van der Waals surface area (Å²) in [5.41, 5.74) is 11.8. The maximum atomic E-state index is 13.5.